The molecule has 1 aliphatic heterocycles. The number of aryl methyl sites for hydroxylation is 1. The van der Waals surface area contributed by atoms with E-state index in [1.165, 1.54) is 18.5 Å². The van der Waals surface area contributed by atoms with Gasteiger partial charge in [-0.3, -0.25) is 4.79 Å². The molecule has 1 amide bonds. The molecule has 1 aliphatic carbocycles. The molecule has 1 aromatic rings. The zero-order valence-corrected chi connectivity index (χ0v) is 10.6. The molecule has 1 unspecified atom stereocenters. The zero-order chi connectivity index (χ0) is 11.0. The summed E-state index contributed by atoms with van der Waals surface area (Å²) in [6.07, 6.45) is 6.86. The summed E-state index contributed by atoms with van der Waals surface area (Å²) in [4.78, 5) is 21.7. The summed E-state index contributed by atoms with van der Waals surface area (Å²) in [6, 6.07) is 0. The number of hydrogen-bond donors (Lipinski definition) is 1. The minimum absolute atomic E-state index is 0. The lowest BCUT2D eigenvalue weighted by atomic mass is 9.89. The smallest absolute Gasteiger partial charge is 0.226 e. The van der Waals surface area contributed by atoms with Crippen molar-refractivity contribution in [2.24, 2.45) is 5.92 Å². The molecule has 3 rings (SSSR count). The summed E-state index contributed by atoms with van der Waals surface area (Å²) in [6.45, 7) is 1.92. The molecule has 0 aromatic carbocycles. The second-order valence-electron chi connectivity index (χ2n) is 4.80. The minimum Gasteiger partial charge on any atom is -0.348 e. The molecule has 1 fully saturated rings. The Morgan fingerprint density at radius 1 is 1.41 bits per heavy atom. The fraction of sp³-hybridized carbons (Fsp3) is 0.667. The quantitative estimate of drug-likeness (QED) is 0.828. The van der Waals surface area contributed by atoms with Crippen LogP contribution >= 0.6 is 12.4 Å². The van der Waals surface area contributed by atoms with Crippen molar-refractivity contribution in [3.05, 3.63) is 17.7 Å². The summed E-state index contributed by atoms with van der Waals surface area (Å²) in [5.74, 6) is 0.528. The summed E-state index contributed by atoms with van der Waals surface area (Å²) in [5.41, 5.74) is 2.33. The summed E-state index contributed by atoms with van der Waals surface area (Å²) in [5, 5.41) is 0. The van der Waals surface area contributed by atoms with Crippen LogP contribution in [0.2, 0.25) is 0 Å². The highest BCUT2D eigenvalue weighted by Crippen LogP contribution is 2.25. The fourth-order valence-electron chi connectivity index (χ4n) is 2.80. The fourth-order valence-corrected chi connectivity index (χ4v) is 2.80. The van der Waals surface area contributed by atoms with E-state index < -0.39 is 0 Å². The average Bonchev–Trinajstić information content (AvgIpc) is 2.98. The Morgan fingerprint density at radius 3 is 2.94 bits per heavy atom. The van der Waals surface area contributed by atoms with Crippen LogP contribution in [-0.2, 0) is 17.6 Å². The standard InChI is InChI=1S/C12H17N3O.ClH/c16-12(15-5-1-2-6-15)9-3-4-10-11(7-9)14-8-13-10;/h8-9H,1-7H2,(H,13,14);1H. The number of aromatic amines is 1. The number of likely N-dealkylation sites (tertiary alicyclic amines) is 1. The van der Waals surface area contributed by atoms with E-state index in [0.717, 1.165) is 38.0 Å². The maximum absolute atomic E-state index is 12.2. The van der Waals surface area contributed by atoms with Crippen molar-refractivity contribution < 1.29 is 4.79 Å². The number of amides is 1. The number of imidazole rings is 1. The predicted octanol–water partition coefficient (Wildman–Crippen LogP) is 1.56. The lowest BCUT2D eigenvalue weighted by Gasteiger charge is -2.25. The van der Waals surface area contributed by atoms with Crippen molar-refractivity contribution in [2.45, 2.75) is 32.1 Å². The Bertz CT molecular complexity index is 398. The molecule has 4 nitrogen and oxygen atoms in total. The Hall–Kier alpha value is -1.03. The highest BCUT2D eigenvalue weighted by Gasteiger charge is 2.30. The van der Waals surface area contributed by atoms with Gasteiger partial charge in [0.05, 0.1) is 12.0 Å². The van der Waals surface area contributed by atoms with Crippen molar-refractivity contribution in [1.82, 2.24) is 14.9 Å². The molecule has 0 radical (unpaired) electrons. The van der Waals surface area contributed by atoms with Crippen molar-refractivity contribution in [2.75, 3.05) is 13.1 Å². The van der Waals surface area contributed by atoms with Gasteiger partial charge in [0.15, 0.2) is 0 Å². The SMILES string of the molecule is Cl.O=C(C1CCc2[nH]cnc2C1)N1CCCC1. The van der Waals surface area contributed by atoms with Gasteiger partial charge in [-0.05, 0) is 25.7 Å². The monoisotopic (exact) mass is 255 g/mol. The molecular formula is C12H18ClN3O. The second kappa shape index (κ2) is 5.08. The maximum Gasteiger partial charge on any atom is 0.226 e. The molecule has 1 atom stereocenters. The number of H-pyrrole nitrogens is 1. The van der Waals surface area contributed by atoms with E-state index in [-0.39, 0.29) is 18.3 Å². The van der Waals surface area contributed by atoms with Gasteiger partial charge in [-0.25, -0.2) is 4.98 Å². The first-order valence-electron chi connectivity index (χ1n) is 6.14. The van der Waals surface area contributed by atoms with Crippen LogP contribution in [0.5, 0.6) is 0 Å². The number of fused-ring (bicyclic) bond motifs is 1. The Kier molecular flexibility index (Phi) is 3.72. The van der Waals surface area contributed by atoms with Crippen LogP contribution in [0.15, 0.2) is 6.33 Å². The lowest BCUT2D eigenvalue weighted by molar-refractivity contribution is -0.134. The number of nitrogens with zero attached hydrogens (tertiary/aromatic N) is 2. The first-order valence-corrected chi connectivity index (χ1v) is 6.14. The van der Waals surface area contributed by atoms with Gasteiger partial charge in [0, 0.05) is 31.1 Å². The summed E-state index contributed by atoms with van der Waals surface area (Å²) >= 11 is 0. The van der Waals surface area contributed by atoms with E-state index in [1.807, 2.05) is 4.90 Å². The molecule has 1 aromatic heterocycles. The molecule has 1 N–H and O–H groups in total. The topological polar surface area (TPSA) is 49.0 Å². The van der Waals surface area contributed by atoms with Crippen LogP contribution in [0.3, 0.4) is 0 Å². The Balaban J connectivity index is 0.00000108. The van der Waals surface area contributed by atoms with Gasteiger partial charge in [-0.1, -0.05) is 0 Å². The number of nitrogens with one attached hydrogen (secondary N) is 1. The molecule has 0 spiro atoms. The van der Waals surface area contributed by atoms with Gasteiger partial charge in [0.2, 0.25) is 5.91 Å². The van der Waals surface area contributed by atoms with E-state index >= 15 is 0 Å². The first-order chi connectivity index (χ1) is 7.84. The normalized spacial score (nSPS) is 23.1. The van der Waals surface area contributed by atoms with Gasteiger partial charge < -0.3 is 9.88 Å². The van der Waals surface area contributed by atoms with Crippen LogP contribution in [0.4, 0.5) is 0 Å². The lowest BCUT2D eigenvalue weighted by Crippen LogP contribution is -2.36. The molecular weight excluding hydrogens is 238 g/mol. The van der Waals surface area contributed by atoms with E-state index in [0.29, 0.717) is 5.91 Å². The van der Waals surface area contributed by atoms with Gasteiger partial charge in [0.1, 0.15) is 0 Å². The van der Waals surface area contributed by atoms with Crippen molar-refractivity contribution in [1.29, 1.82) is 0 Å². The van der Waals surface area contributed by atoms with Crippen LogP contribution < -0.4 is 0 Å². The Morgan fingerprint density at radius 2 is 2.18 bits per heavy atom. The van der Waals surface area contributed by atoms with Crippen LogP contribution in [0.25, 0.3) is 0 Å². The minimum atomic E-state index is 0. The van der Waals surface area contributed by atoms with E-state index in [4.69, 9.17) is 0 Å². The number of carbonyl (C=O) groups excluding carboxylic acids is 1. The number of carbonyl (C=O) groups is 1. The molecule has 17 heavy (non-hydrogen) atoms. The summed E-state index contributed by atoms with van der Waals surface area (Å²) < 4.78 is 0. The van der Waals surface area contributed by atoms with Crippen molar-refractivity contribution in [3.63, 3.8) is 0 Å². The number of halogens is 1. The van der Waals surface area contributed by atoms with Gasteiger partial charge in [0.25, 0.3) is 0 Å². The van der Waals surface area contributed by atoms with Gasteiger partial charge >= 0.3 is 0 Å². The molecule has 0 saturated carbocycles. The second-order valence-corrected chi connectivity index (χ2v) is 4.80. The predicted molar refractivity (Wildman–Crippen MR) is 67.2 cm³/mol. The van der Waals surface area contributed by atoms with Crippen molar-refractivity contribution in [3.8, 4) is 0 Å². The largest absolute Gasteiger partial charge is 0.348 e. The molecule has 5 heteroatoms. The maximum atomic E-state index is 12.2. The third-order valence-electron chi connectivity index (χ3n) is 3.76. The molecule has 2 aliphatic rings. The van der Waals surface area contributed by atoms with Crippen LogP contribution in [-0.4, -0.2) is 33.9 Å². The van der Waals surface area contributed by atoms with Crippen molar-refractivity contribution >= 4 is 18.3 Å². The first kappa shape index (κ1) is 12.4. The number of aromatic nitrogens is 2. The number of hydrogen-bond acceptors (Lipinski definition) is 2. The average molecular weight is 256 g/mol. The van der Waals surface area contributed by atoms with E-state index in [1.54, 1.807) is 6.33 Å². The van der Waals surface area contributed by atoms with Crippen LogP contribution in [0.1, 0.15) is 30.7 Å². The molecule has 94 valence electrons. The van der Waals surface area contributed by atoms with Gasteiger partial charge in [-0.15, -0.1) is 12.4 Å². The molecule has 0 bridgehead atoms. The zero-order valence-electron chi connectivity index (χ0n) is 9.82. The third kappa shape index (κ3) is 2.32. The summed E-state index contributed by atoms with van der Waals surface area (Å²) in [7, 11) is 0. The number of rotatable bonds is 1. The van der Waals surface area contributed by atoms with Crippen LogP contribution in [0, 0.1) is 5.92 Å². The third-order valence-corrected chi connectivity index (χ3v) is 3.76. The highest BCUT2D eigenvalue weighted by molar-refractivity contribution is 5.85. The molecule has 2 heterocycles. The van der Waals surface area contributed by atoms with E-state index in [9.17, 15) is 4.79 Å². The van der Waals surface area contributed by atoms with Gasteiger partial charge in [-0.2, -0.15) is 0 Å². The Labute approximate surface area is 107 Å². The highest BCUT2D eigenvalue weighted by atomic mass is 35.5. The van der Waals surface area contributed by atoms with E-state index in [2.05, 4.69) is 9.97 Å². The molecule has 1 saturated heterocycles.